The maximum Gasteiger partial charge on any atom is 0.271 e. The highest BCUT2D eigenvalue weighted by Crippen LogP contribution is 2.10. The SMILES string of the molecule is Cc1nc(C(=O)NCC2=NOC(C(N)=O)C2)cs1. The summed E-state index contributed by atoms with van der Waals surface area (Å²) in [6, 6.07) is 0. The highest BCUT2D eigenvalue weighted by molar-refractivity contribution is 7.09. The molecular formula is C10H12N4O3S. The quantitative estimate of drug-likeness (QED) is 0.789. The third kappa shape index (κ3) is 2.83. The average molecular weight is 268 g/mol. The summed E-state index contributed by atoms with van der Waals surface area (Å²) in [5.41, 5.74) is 6.04. The number of nitrogens with zero attached hydrogens (tertiary/aromatic N) is 2. The van der Waals surface area contributed by atoms with Crippen LogP contribution < -0.4 is 11.1 Å². The number of nitrogens with one attached hydrogen (secondary N) is 1. The number of primary amides is 1. The van der Waals surface area contributed by atoms with Crippen molar-refractivity contribution < 1.29 is 14.4 Å². The smallest absolute Gasteiger partial charge is 0.271 e. The molecule has 0 aromatic carbocycles. The van der Waals surface area contributed by atoms with Gasteiger partial charge in [0.25, 0.3) is 11.8 Å². The van der Waals surface area contributed by atoms with Gasteiger partial charge in [-0.25, -0.2) is 4.98 Å². The molecule has 0 radical (unpaired) electrons. The Hall–Kier alpha value is -1.96. The van der Waals surface area contributed by atoms with E-state index in [0.29, 0.717) is 17.8 Å². The molecule has 1 aromatic heterocycles. The number of thiazole rings is 1. The van der Waals surface area contributed by atoms with Crippen molar-refractivity contribution in [2.75, 3.05) is 6.54 Å². The molecular weight excluding hydrogens is 256 g/mol. The molecule has 3 N–H and O–H groups in total. The molecule has 2 rings (SSSR count). The van der Waals surface area contributed by atoms with Crippen molar-refractivity contribution in [3.63, 3.8) is 0 Å². The predicted molar refractivity (Wildman–Crippen MR) is 65.3 cm³/mol. The molecule has 1 atom stereocenters. The Balaban J connectivity index is 1.83. The average Bonchev–Trinajstić information content (AvgIpc) is 2.94. The molecule has 0 spiro atoms. The van der Waals surface area contributed by atoms with Gasteiger partial charge in [0.05, 0.1) is 17.3 Å². The van der Waals surface area contributed by atoms with Crippen LogP contribution in [0.5, 0.6) is 0 Å². The van der Waals surface area contributed by atoms with Gasteiger partial charge >= 0.3 is 0 Å². The van der Waals surface area contributed by atoms with Crippen molar-refractivity contribution in [3.05, 3.63) is 16.1 Å². The third-order valence-corrected chi connectivity index (χ3v) is 3.13. The maximum atomic E-state index is 11.7. The van der Waals surface area contributed by atoms with Crippen LogP contribution in [0.25, 0.3) is 0 Å². The maximum absolute atomic E-state index is 11.7. The molecule has 1 aromatic rings. The Kier molecular flexibility index (Phi) is 3.56. The van der Waals surface area contributed by atoms with E-state index in [1.54, 1.807) is 5.38 Å². The number of rotatable bonds is 4. The molecule has 1 unspecified atom stereocenters. The van der Waals surface area contributed by atoms with Gasteiger partial charge in [-0.05, 0) is 6.92 Å². The molecule has 1 aliphatic rings. The van der Waals surface area contributed by atoms with Crippen LogP contribution >= 0.6 is 11.3 Å². The number of oxime groups is 1. The van der Waals surface area contributed by atoms with Crippen LogP contribution in [0.3, 0.4) is 0 Å². The lowest BCUT2D eigenvalue weighted by molar-refractivity contribution is -0.127. The second-order valence-electron chi connectivity index (χ2n) is 3.79. The summed E-state index contributed by atoms with van der Waals surface area (Å²) in [5.74, 6) is -0.834. The second-order valence-corrected chi connectivity index (χ2v) is 4.85. The van der Waals surface area contributed by atoms with Crippen molar-refractivity contribution in [1.82, 2.24) is 10.3 Å². The van der Waals surface area contributed by atoms with E-state index in [0.717, 1.165) is 5.01 Å². The molecule has 7 nitrogen and oxygen atoms in total. The van der Waals surface area contributed by atoms with Gasteiger partial charge in [0.2, 0.25) is 6.10 Å². The Bertz CT molecular complexity index is 511. The lowest BCUT2D eigenvalue weighted by Gasteiger charge is -2.02. The number of hydrogen-bond donors (Lipinski definition) is 2. The minimum Gasteiger partial charge on any atom is -0.382 e. The molecule has 1 aliphatic heterocycles. The summed E-state index contributed by atoms with van der Waals surface area (Å²) in [6.07, 6.45) is -0.412. The van der Waals surface area contributed by atoms with E-state index in [1.807, 2.05) is 6.92 Å². The predicted octanol–water partition coefficient (Wildman–Crippen LogP) is -0.188. The van der Waals surface area contributed by atoms with Gasteiger partial charge in [-0.3, -0.25) is 9.59 Å². The first-order valence-electron chi connectivity index (χ1n) is 5.27. The number of carbonyl (C=O) groups is 2. The van der Waals surface area contributed by atoms with Crippen LogP contribution in [0, 0.1) is 6.92 Å². The molecule has 0 saturated heterocycles. The van der Waals surface area contributed by atoms with E-state index in [9.17, 15) is 9.59 Å². The van der Waals surface area contributed by atoms with Crippen LogP contribution in [0.2, 0.25) is 0 Å². The first-order chi connectivity index (χ1) is 8.56. The van der Waals surface area contributed by atoms with Crippen LogP contribution in [-0.4, -0.2) is 35.2 Å². The van der Waals surface area contributed by atoms with Crippen LogP contribution in [0.15, 0.2) is 10.5 Å². The molecule has 0 fully saturated rings. The topological polar surface area (TPSA) is 107 Å². The van der Waals surface area contributed by atoms with E-state index in [-0.39, 0.29) is 12.5 Å². The number of carbonyl (C=O) groups excluding carboxylic acids is 2. The van der Waals surface area contributed by atoms with E-state index in [2.05, 4.69) is 15.5 Å². The van der Waals surface area contributed by atoms with Gasteiger partial charge < -0.3 is 15.9 Å². The largest absolute Gasteiger partial charge is 0.382 e. The first kappa shape index (κ1) is 12.5. The Morgan fingerprint density at radius 3 is 3.00 bits per heavy atom. The summed E-state index contributed by atoms with van der Waals surface area (Å²) >= 11 is 1.41. The highest BCUT2D eigenvalue weighted by Gasteiger charge is 2.26. The molecule has 0 aliphatic carbocycles. The zero-order chi connectivity index (χ0) is 13.1. The number of hydrogen-bond acceptors (Lipinski definition) is 6. The molecule has 0 bridgehead atoms. The fourth-order valence-electron chi connectivity index (χ4n) is 1.42. The van der Waals surface area contributed by atoms with Crippen molar-refractivity contribution >= 4 is 28.9 Å². The molecule has 2 heterocycles. The molecule has 2 amide bonds. The normalized spacial score (nSPS) is 18.1. The number of nitrogens with two attached hydrogens (primary N) is 1. The standard InChI is InChI=1S/C10H12N4O3S/c1-5-13-7(4-18-5)10(16)12-3-6-2-8(9(11)15)17-14-6/h4,8H,2-3H2,1H3,(H2,11,15)(H,12,16). The summed E-state index contributed by atoms with van der Waals surface area (Å²) in [5, 5.41) is 8.86. The Morgan fingerprint density at radius 2 is 2.44 bits per heavy atom. The fourth-order valence-corrected chi connectivity index (χ4v) is 2.02. The first-order valence-corrected chi connectivity index (χ1v) is 6.15. The van der Waals surface area contributed by atoms with Gasteiger partial charge in [-0.15, -0.1) is 11.3 Å². The van der Waals surface area contributed by atoms with E-state index in [1.165, 1.54) is 11.3 Å². The van der Waals surface area contributed by atoms with Crippen LogP contribution in [0.1, 0.15) is 21.9 Å². The number of amides is 2. The Labute approximate surface area is 107 Å². The fraction of sp³-hybridized carbons (Fsp3) is 0.400. The zero-order valence-corrected chi connectivity index (χ0v) is 10.5. The van der Waals surface area contributed by atoms with Crippen molar-refractivity contribution in [3.8, 4) is 0 Å². The Morgan fingerprint density at radius 1 is 1.67 bits per heavy atom. The lowest BCUT2D eigenvalue weighted by atomic mass is 10.2. The van der Waals surface area contributed by atoms with Gasteiger partial charge in [-0.1, -0.05) is 5.16 Å². The second kappa shape index (κ2) is 5.13. The van der Waals surface area contributed by atoms with Crippen molar-refractivity contribution in [2.45, 2.75) is 19.4 Å². The monoisotopic (exact) mass is 268 g/mol. The lowest BCUT2D eigenvalue weighted by Crippen LogP contribution is -2.32. The molecule has 8 heteroatoms. The van der Waals surface area contributed by atoms with E-state index in [4.69, 9.17) is 10.6 Å². The minimum absolute atomic E-state index is 0.221. The van der Waals surface area contributed by atoms with Gasteiger partial charge in [0.15, 0.2) is 0 Å². The highest BCUT2D eigenvalue weighted by atomic mass is 32.1. The third-order valence-electron chi connectivity index (χ3n) is 2.35. The van der Waals surface area contributed by atoms with Gasteiger partial charge in [-0.2, -0.15) is 0 Å². The van der Waals surface area contributed by atoms with Crippen LogP contribution in [-0.2, 0) is 9.63 Å². The number of aromatic nitrogens is 1. The summed E-state index contributed by atoms with van der Waals surface area (Å²) in [7, 11) is 0. The van der Waals surface area contributed by atoms with Gasteiger partial charge in [0.1, 0.15) is 5.69 Å². The molecule has 18 heavy (non-hydrogen) atoms. The summed E-state index contributed by atoms with van der Waals surface area (Å²) < 4.78 is 0. The van der Waals surface area contributed by atoms with E-state index < -0.39 is 12.0 Å². The van der Waals surface area contributed by atoms with Crippen molar-refractivity contribution in [2.24, 2.45) is 10.9 Å². The summed E-state index contributed by atoms with van der Waals surface area (Å²) in [4.78, 5) is 31.4. The van der Waals surface area contributed by atoms with Crippen molar-refractivity contribution in [1.29, 1.82) is 0 Å². The summed E-state index contributed by atoms with van der Waals surface area (Å²) in [6.45, 7) is 2.05. The van der Waals surface area contributed by atoms with Gasteiger partial charge in [0, 0.05) is 11.8 Å². The zero-order valence-electron chi connectivity index (χ0n) is 9.67. The number of aryl methyl sites for hydroxylation is 1. The molecule has 96 valence electrons. The molecule has 0 saturated carbocycles. The van der Waals surface area contributed by atoms with E-state index >= 15 is 0 Å². The minimum atomic E-state index is -0.724. The van der Waals surface area contributed by atoms with Crippen LogP contribution in [0.4, 0.5) is 0 Å².